The van der Waals surface area contributed by atoms with Crippen molar-refractivity contribution in [1.82, 2.24) is 0 Å². The molecule has 2 nitrogen and oxygen atoms in total. The predicted molar refractivity (Wildman–Crippen MR) is 68.9 cm³/mol. The molecular formula is C14H20F3NO. The Kier molecular flexibility index (Phi) is 6.31. The largest absolute Gasteiger partial charge is 0.416 e. The maximum absolute atomic E-state index is 12.4. The molecule has 0 aliphatic rings. The molecule has 1 rings (SSSR count). The maximum atomic E-state index is 12.4. The summed E-state index contributed by atoms with van der Waals surface area (Å²) in [5.74, 6) is 0. The number of rotatable bonds is 7. The second kappa shape index (κ2) is 7.50. The van der Waals surface area contributed by atoms with Gasteiger partial charge in [0.1, 0.15) is 0 Å². The predicted octanol–water partition coefficient (Wildman–Crippen LogP) is 3.39. The van der Waals surface area contributed by atoms with Gasteiger partial charge in [-0.15, -0.1) is 0 Å². The van der Waals surface area contributed by atoms with E-state index in [0.29, 0.717) is 19.6 Å². The van der Waals surface area contributed by atoms with Gasteiger partial charge < -0.3 is 10.5 Å². The summed E-state index contributed by atoms with van der Waals surface area (Å²) < 4.78 is 42.4. The van der Waals surface area contributed by atoms with Crippen molar-refractivity contribution in [3.63, 3.8) is 0 Å². The van der Waals surface area contributed by atoms with Gasteiger partial charge in [-0.1, -0.05) is 12.1 Å². The Bertz CT molecular complexity index is 362. The van der Waals surface area contributed by atoms with E-state index in [1.54, 1.807) is 0 Å². The molecule has 19 heavy (non-hydrogen) atoms. The molecule has 108 valence electrons. The molecule has 0 saturated carbocycles. The number of nitrogens with two attached hydrogens (primary N) is 1. The molecule has 0 amide bonds. The van der Waals surface area contributed by atoms with Gasteiger partial charge in [0.05, 0.1) is 5.56 Å². The van der Waals surface area contributed by atoms with Crippen LogP contribution in [0.4, 0.5) is 13.2 Å². The van der Waals surface area contributed by atoms with Gasteiger partial charge in [0.15, 0.2) is 0 Å². The molecule has 0 radical (unpaired) electrons. The summed E-state index contributed by atoms with van der Waals surface area (Å²) in [6, 6.07) is 5.14. The van der Waals surface area contributed by atoms with Crippen LogP contribution in [0, 0.1) is 0 Å². The van der Waals surface area contributed by atoms with E-state index >= 15 is 0 Å². The third kappa shape index (κ3) is 6.07. The molecule has 0 aliphatic carbocycles. The number of hydrogen-bond donors (Lipinski definition) is 1. The van der Waals surface area contributed by atoms with Crippen LogP contribution < -0.4 is 5.73 Å². The van der Waals surface area contributed by atoms with Gasteiger partial charge in [-0.05, 0) is 43.9 Å². The zero-order chi connectivity index (χ0) is 14.3. The van der Waals surface area contributed by atoms with Crippen molar-refractivity contribution in [3.8, 4) is 0 Å². The SMILES string of the molecule is CCOCCCC(N)Cc1ccc(C(F)(F)F)cc1. The number of ether oxygens (including phenoxy) is 1. The highest BCUT2D eigenvalue weighted by Crippen LogP contribution is 2.29. The molecule has 1 atom stereocenters. The van der Waals surface area contributed by atoms with E-state index in [1.807, 2.05) is 6.92 Å². The summed E-state index contributed by atoms with van der Waals surface area (Å²) >= 11 is 0. The monoisotopic (exact) mass is 275 g/mol. The Hall–Kier alpha value is -1.07. The second-order valence-electron chi connectivity index (χ2n) is 4.50. The highest BCUT2D eigenvalue weighted by atomic mass is 19.4. The topological polar surface area (TPSA) is 35.2 Å². The van der Waals surface area contributed by atoms with Crippen molar-refractivity contribution in [3.05, 3.63) is 35.4 Å². The molecular weight excluding hydrogens is 255 g/mol. The normalized spacial score (nSPS) is 13.5. The summed E-state index contributed by atoms with van der Waals surface area (Å²) in [6.45, 7) is 3.30. The summed E-state index contributed by atoms with van der Waals surface area (Å²) in [5, 5.41) is 0. The Morgan fingerprint density at radius 2 is 1.84 bits per heavy atom. The highest BCUT2D eigenvalue weighted by Gasteiger charge is 2.29. The maximum Gasteiger partial charge on any atom is 0.416 e. The highest BCUT2D eigenvalue weighted by molar-refractivity contribution is 5.25. The van der Waals surface area contributed by atoms with Crippen LogP contribution in [0.3, 0.4) is 0 Å². The molecule has 0 heterocycles. The lowest BCUT2D eigenvalue weighted by molar-refractivity contribution is -0.137. The van der Waals surface area contributed by atoms with Gasteiger partial charge in [0.2, 0.25) is 0 Å². The smallest absolute Gasteiger partial charge is 0.382 e. The molecule has 2 N–H and O–H groups in total. The van der Waals surface area contributed by atoms with Crippen molar-refractivity contribution in [2.45, 2.75) is 38.4 Å². The van der Waals surface area contributed by atoms with Crippen LogP contribution in [-0.2, 0) is 17.3 Å². The Labute approximate surface area is 111 Å². The van der Waals surface area contributed by atoms with Gasteiger partial charge in [0.25, 0.3) is 0 Å². The first-order valence-electron chi connectivity index (χ1n) is 6.43. The Morgan fingerprint density at radius 1 is 1.21 bits per heavy atom. The van der Waals surface area contributed by atoms with E-state index in [4.69, 9.17) is 10.5 Å². The first kappa shape index (κ1) is 16.0. The zero-order valence-electron chi connectivity index (χ0n) is 11.0. The van der Waals surface area contributed by atoms with Gasteiger partial charge >= 0.3 is 6.18 Å². The van der Waals surface area contributed by atoms with Crippen molar-refractivity contribution < 1.29 is 17.9 Å². The van der Waals surface area contributed by atoms with Gasteiger partial charge in [-0.2, -0.15) is 13.2 Å². The van der Waals surface area contributed by atoms with Crippen LogP contribution in [0.1, 0.15) is 30.9 Å². The summed E-state index contributed by atoms with van der Waals surface area (Å²) in [4.78, 5) is 0. The average Bonchev–Trinajstić information content (AvgIpc) is 2.34. The van der Waals surface area contributed by atoms with Gasteiger partial charge in [0, 0.05) is 19.3 Å². The first-order valence-corrected chi connectivity index (χ1v) is 6.43. The van der Waals surface area contributed by atoms with E-state index in [1.165, 1.54) is 12.1 Å². The zero-order valence-corrected chi connectivity index (χ0v) is 11.0. The van der Waals surface area contributed by atoms with Gasteiger partial charge in [-0.25, -0.2) is 0 Å². The van der Waals surface area contributed by atoms with Crippen LogP contribution in [0.15, 0.2) is 24.3 Å². The van der Waals surface area contributed by atoms with E-state index < -0.39 is 11.7 Å². The van der Waals surface area contributed by atoms with E-state index in [-0.39, 0.29) is 6.04 Å². The van der Waals surface area contributed by atoms with E-state index in [2.05, 4.69) is 0 Å². The van der Waals surface area contributed by atoms with Crippen LogP contribution in [-0.4, -0.2) is 19.3 Å². The number of benzene rings is 1. The summed E-state index contributed by atoms with van der Waals surface area (Å²) in [5.41, 5.74) is 6.14. The molecule has 1 aromatic carbocycles. The fourth-order valence-electron chi connectivity index (χ4n) is 1.83. The summed E-state index contributed by atoms with van der Waals surface area (Å²) in [7, 11) is 0. The van der Waals surface area contributed by atoms with Crippen molar-refractivity contribution in [1.29, 1.82) is 0 Å². The Balaban J connectivity index is 2.40. The molecule has 0 saturated heterocycles. The fourth-order valence-corrected chi connectivity index (χ4v) is 1.83. The van der Waals surface area contributed by atoms with Gasteiger partial charge in [-0.3, -0.25) is 0 Å². The quantitative estimate of drug-likeness (QED) is 0.774. The van der Waals surface area contributed by atoms with E-state index in [0.717, 1.165) is 30.5 Å². The fraction of sp³-hybridized carbons (Fsp3) is 0.571. The summed E-state index contributed by atoms with van der Waals surface area (Å²) in [6.07, 6.45) is -2.01. The lowest BCUT2D eigenvalue weighted by Gasteiger charge is -2.12. The van der Waals surface area contributed by atoms with Crippen LogP contribution >= 0.6 is 0 Å². The minimum absolute atomic E-state index is 0.0443. The van der Waals surface area contributed by atoms with Crippen molar-refractivity contribution >= 4 is 0 Å². The molecule has 0 aromatic heterocycles. The Morgan fingerprint density at radius 3 is 2.37 bits per heavy atom. The minimum atomic E-state index is -4.28. The molecule has 0 bridgehead atoms. The van der Waals surface area contributed by atoms with Crippen LogP contribution in [0.25, 0.3) is 0 Å². The molecule has 0 spiro atoms. The third-order valence-corrected chi connectivity index (χ3v) is 2.85. The number of alkyl halides is 3. The standard InChI is InChI=1S/C14H20F3NO/c1-2-19-9-3-4-13(18)10-11-5-7-12(8-6-11)14(15,16)17/h5-8,13H,2-4,9-10,18H2,1H3. The van der Waals surface area contributed by atoms with Crippen LogP contribution in [0.5, 0.6) is 0 Å². The third-order valence-electron chi connectivity index (χ3n) is 2.85. The number of halogens is 3. The van der Waals surface area contributed by atoms with Crippen LogP contribution in [0.2, 0.25) is 0 Å². The average molecular weight is 275 g/mol. The lowest BCUT2D eigenvalue weighted by Crippen LogP contribution is -2.23. The molecule has 1 unspecified atom stereocenters. The molecule has 5 heteroatoms. The lowest BCUT2D eigenvalue weighted by atomic mass is 10.0. The molecule has 0 aliphatic heterocycles. The van der Waals surface area contributed by atoms with Crippen molar-refractivity contribution in [2.75, 3.05) is 13.2 Å². The second-order valence-corrected chi connectivity index (χ2v) is 4.50. The van der Waals surface area contributed by atoms with E-state index in [9.17, 15) is 13.2 Å². The molecule has 1 aromatic rings. The molecule has 0 fully saturated rings. The number of hydrogen-bond acceptors (Lipinski definition) is 2. The van der Waals surface area contributed by atoms with Crippen molar-refractivity contribution in [2.24, 2.45) is 5.73 Å². The minimum Gasteiger partial charge on any atom is -0.382 e. The first-order chi connectivity index (χ1) is 8.93.